The number of carboxylic acids is 1. The largest absolute Gasteiger partial charge is 0.490 e. The zero-order valence-corrected chi connectivity index (χ0v) is 20.0. The number of piperidine rings is 1. The van der Waals surface area contributed by atoms with Gasteiger partial charge >= 0.3 is 5.97 Å². The summed E-state index contributed by atoms with van der Waals surface area (Å²) < 4.78 is 21.7. The van der Waals surface area contributed by atoms with Crippen molar-refractivity contribution in [3.05, 3.63) is 53.8 Å². The maximum atomic E-state index is 15.4. The maximum absolute atomic E-state index is 15.4. The zero-order chi connectivity index (χ0) is 23.5. The molecule has 0 unspecified atom stereocenters. The number of carbonyl (C=O) groups is 1. The molecule has 3 fully saturated rings. The van der Waals surface area contributed by atoms with Crippen molar-refractivity contribution in [1.29, 1.82) is 0 Å². The number of carboxylic acid groups (broad SMARTS) is 1. The Morgan fingerprint density at radius 3 is 2.29 bits per heavy atom. The van der Waals surface area contributed by atoms with E-state index in [4.69, 9.17) is 4.74 Å². The first-order valence-electron chi connectivity index (χ1n) is 13.0. The smallest absolute Gasteiger partial charge is 0.306 e. The Bertz CT molecular complexity index is 981. The lowest BCUT2D eigenvalue weighted by atomic mass is 9.72. The number of likely N-dealkylation sites (tertiary alicyclic amines) is 1. The van der Waals surface area contributed by atoms with Crippen LogP contribution in [0.4, 0.5) is 4.39 Å². The van der Waals surface area contributed by atoms with Crippen LogP contribution < -0.4 is 4.74 Å². The van der Waals surface area contributed by atoms with E-state index in [2.05, 4.69) is 4.90 Å². The van der Waals surface area contributed by atoms with Gasteiger partial charge in [-0.25, -0.2) is 4.39 Å². The van der Waals surface area contributed by atoms with E-state index in [1.165, 1.54) is 38.5 Å². The molecule has 1 spiro atoms. The number of benzene rings is 2. The number of hydrogen-bond donors (Lipinski definition) is 1. The van der Waals surface area contributed by atoms with Crippen molar-refractivity contribution in [3.8, 4) is 16.9 Å². The van der Waals surface area contributed by atoms with Gasteiger partial charge in [-0.2, -0.15) is 0 Å². The third-order valence-corrected chi connectivity index (χ3v) is 8.54. The second-order valence-electron chi connectivity index (χ2n) is 10.7. The van der Waals surface area contributed by atoms with Gasteiger partial charge < -0.3 is 9.84 Å². The molecule has 0 bridgehead atoms. The molecule has 0 atom stereocenters. The summed E-state index contributed by atoms with van der Waals surface area (Å²) in [6, 6.07) is 13.4. The molecule has 2 aromatic rings. The molecule has 0 amide bonds. The second kappa shape index (κ2) is 10.1. The van der Waals surface area contributed by atoms with Crippen molar-refractivity contribution >= 4 is 5.97 Å². The number of rotatable bonds is 6. The highest BCUT2D eigenvalue weighted by atomic mass is 19.1. The number of aliphatic carboxylic acids is 1. The Labute approximate surface area is 202 Å². The first-order valence-corrected chi connectivity index (χ1v) is 13.0. The lowest BCUT2D eigenvalue weighted by molar-refractivity contribution is -0.143. The van der Waals surface area contributed by atoms with Gasteiger partial charge in [0.05, 0.1) is 12.0 Å². The first kappa shape index (κ1) is 23.3. The molecule has 5 heteroatoms. The lowest BCUT2D eigenvalue weighted by Gasteiger charge is -2.37. The number of hydrogen-bond acceptors (Lipinski definition) is 3. The van der Waals surface area contributed by atoms with Gasteiger partial charge in [0.15, 0.2) is 0 Å². The Morgan fingerprint density at radius 1 is 0.971 bits per heavy atom. The van der Waals surface area contributed by atoms with Crippen LogP contribution in [-0.4, -0.2) is 35.2 Å². The van der Waals surface area contributed by atoms with Crippen molar-refractivity contribution in [1.82, 2.24) is 4.90 Å². The molecular weight excluding hydrogens is 429 g/mol. The quantitative estimate of drug-likeness (QED) is 0.518. The molecule has 1 N–H and O–H groups in total. The van der Waals surface area contributed by atoms with Crippen LogP contribution in [-0.2, 0) is 11.3 Å². The van der Waals surface area contributed by atoms with E-state index in [1.54, 1.807) is 0 Å². The summed E-state index contributed by atoms with van der Waals surface area (Å²) in [5.74, 6) is -0.313. The number of nitrogens with zero attached hydrogens (tertiary/aromatic N) is 1. The van der Waals surface area contributed by atoms with Crippen molar-refractivity contribution < 1.29 is 19.0 Å². The molecule has 2 saturated carbocycles. The zero-order valence-electron chi connectivity index (χ0n) is 20.0. The van der Waals surface area contributed by atoms with E-state index in [1.807, 2.05) is 42.5 Å². The summed E-state index contributed by atoms with van der Waals surface area (Å²) in [5.41, 5.74) is 2.73. The molecule has 1 saturated heterocycles. The monoisotopic (exact) mass is 465 g/mol. The van der Waals surface area contributed by atoms with Crippen molar-refractivity contribution in [3.63, 3.8) is 0 Å². The van der Waals surface area contributed by atoms with Gasteiger partial charge in [-0.1, -0.05) is 43.2 Å². The van der Waals surface area contributed by atoms with Gasteiger partial charge in [0.1, 0.15) is 11.6 Å². The van der Waals surface area contributed by atoms with E-state index in [9.17, 15) is 9.90 Å². The molecule has 2 aromatic carbocycles. The molecule has 182 valence electrons. The summed E-state index contributed by atoms with van der Waals surface area (Å²) in [4.78, 5) is 13.3. The van der Waals surface area contributed by atoms with Crippen LogP contribution >= 0.6 is 0 Å². The molecule has 3 aliphatic rings. The molecule has 1 aliphatic heterocycles. The highest BCUT2D eigenvalue weighted by Crippen LogP contribution is 2.49. The average molecular weight is 466 g/mol. The standard InChI is InChI=1S/C29H36FNO3/c30-27-23(20-31-18-12-22(13-19-31)28(32)33)4-3-5-26(27)21-6-8-24(9-7-21)34-25-10-16-29(17-11-25)14-1-2-15-29/h3-9,22,25H,1-2,10-20H2,(H,32,33). The Kier molecular flexibility index (Phi) is 6.91. The molecular formula is C29H36FNO3. The maximum Gasteiger partial charge on any atom is 0.306 e. The molecule has 0 aromatic heterocycles. The topological polar surface area (TPSA) is 49.8 Å². The molecule has 4 nitrogen and oxygen atoms in total. The van der Waals surface area contributed by atoms with Gasteiger partial charge in [0.25, 0.3) is 0 Å². The van der Waals surface area contributed by atoms with E-state index < -0.39 is 5.97 Å². The minimum absolute atomic E-state index is 0.189. The average Bonchev–Trinajstić information content (AvgIpc) is 3.31. The Balaban J connectivity index is 1.19. The van der Waals surface area contributed by atoms with Crippen molar-refractivity contribution in [2.75, 3.05) is 13.1 Å². The van der Waals surface area contributed by atoms with Crippen LogP contribution in [0.2, 0.25) is 0 Å². The fourth-order valence-electron chi connectivity index (χ4n) is 6.36. The minimum atomic E-state index is -0.721. The summed E-state index contributed by atoms with van der Waals surface area (Å²) >= 11 is 0. The molecule has 34 heavy (non-hydrogen) atoms. The highest BCUT2D eigenvalue weighted by Gasteiger charge is 2.38. The molecule has 2 aliphatic carbocycles. The predicted molar refractivity (Wildman–Crippen MR) is 131 cm³/mol. The van der Waals surface area contributed by atoms with E-state index >= 15 is 4.39 Å². The fraction of sp³-hybridized carbons (Fsp3) is 0.552. The fourth-order valence-corrected chi connectivity index (χ4v) is 6.36. The third-order valence-electron chi connectivity index (χ3n) is 8.54. The van der Waals surface area contributed by atoms with Gasteiger partial charge in [-0.15, -0.1) is 0 Å². The first-order chi connectivity index (χ1) is 16.5. The predicted octanol–water partition coefficient (Wildman–Crippen LogP) is 6.67. The summed E-state index contributed by atoms with van der Waals surface area (Å²) in [6.45, 7) is 1.89. The van der Waals surface area contributed by atoms with E-state index in [0.29, 0.717) is 55.1 Å². The van der Waals surface area contributed by atoms with Gasteiger partial charge in [0, 0.05) is 17.7 Å². The Morgan fingerprint density at radius 2 is 1.65 bits per heavy atom. The van der Waals surface area contributed by atoms with Crippen LogP contribution in [0, 0.1) is 17.2 Å². The minimum Gasteiger partial charge on any atom is -0.490 e. The summed E-state index contributed by atoms with van der Waals surface area (Å²) in [7, 11) is 0. The van der Waals surface area contributed by atoms with Gasteiger partial charge in [-0.3, -0.25) is 9.69 Å². The van der Waals surface area contributed by atoms with Crippen LogP contribution in [0.5, 0.6) is 5.75 Å². The van der Waals surface area contributed by atoms with Gasteiger partial charge in [0.2, 0.25) is 0 Å². The number of ether oxygens (including phenoxy) is 1. The van der Waals surface area contributed by atoms with Crippen LogP contribution in [0.1, 0.15) is 69.8 Å². The van der Waals surface area contributed by atoms with Crippen molar-refractivity contribution in [2.45, 2.75) is 76.9 Å². The summed E-state index contributed by atoms with van der Waals surface area (Å²) in [5, 5.41) is 9.19. The molecule has 5 rings (SSSR count). The molecule has 0 radical (unpaired) electrons. The van der Waals surface area contributed by atoms with Crippen LogP contribution in [0.15, 0.2) is 42.5 Å². The van der Waals surface area contributed by atoms with Gasteiger partial charge in [-0.05, 0) is 87.6 Å². The van der Waals surface area contributed by atoms with Crippen molar-refractivity contribution in [2.24, 2.45) is 11.3 Å². The normalized spacial score (nSPS) is 21.7. The number of halogens is 1. The van der Waals surface area contributed by atoms with E-state index in [0.717, 1.165) is 24.2 Å². The highest BCUT2D eigenvalue weighted by molar-refractivity contribution is 5.70. The Hall–Kier alpha value is -2.40. The second-order valence-corrected chi connectivity index (χ2v) is 10.7. The molecule has 1 heterocycles. The SMILES string of the molecule is O=C(O)C1CCN(Cc2cccc(-c3ccc(OC4CCC5(CCCC5)CC4)cc3)c2F)CC1. The summed E-state index contributed by atoms with van der Waals surface area (Å²) in [6.07, 6.45) is 12.0. The van der Waals surface area contributed by atoms with E-state index in [-0.39, 0.29) is 11.7 Å². The van der Waals surface area contributed by atoms with Crippen LogP contribution in [0.25, 0.3) is 11.1 Å². The third kappa shape index (κ3) is 5.14. The lowest BCUT2D eigenvalue weighted by Crippen LogP contribution is -2.36. The van der Waals surface area contributed by atoms with Crippen LogP contribution in [0.3, 0.4) is 0 Å².